The average molecular weight is 386 g/mol. The van der Waals surface area contributed by atoms with Gasteiger partial charge in [0.1, 0.15) is 17.4 Å². The molecular formula is C20H17ClFN3O2. The van der Waals surface area contributed by atoms with Gasteiger partial charge in [-0.15, -0.1) is 0 Å². The third-order valence-corrected chi connectivity index (χ3v) is 4.16. The number of nitrogens with one attached hydrogen (secondary N) is 2. The first-order valence-corrected chi connectivity index (χ1v) is 8.53. The minimum atomic E-state index is -0.675. The van der Waals surface area contributed by atoms with Crippen molar-refractivity contribution in [3.63, 3.8) is 0 Å². The number of hydrogen-bond acceptors (Lipinski definition) is 4. The van der Waals surface area contributed by atoms with Crippen LogP contribution in [0.3, 0.4) is 0 Å². The standard InChI is InChI=1S/C20H17ClFN3O2/c1-27-15-8-5-13(6-9-15)11-23-18-10-7-14(12-24-18)25-20(26)19-16(21)3-2-4-17(19)22/h2-10,12H,11H2,1H3,(H,23,24)(H,25,26). The van der Waals surface area contributed by atoms with Gasteiger partial charge in [0, 0.05) is 6.54 Å². The molecule has 0 bridgehead atoms. The second-order valence-corrected chi connectivity index (χ2v) is 6.09. The lowest BCUT2D eigenvalue weighted by Gasteiger charge is -2.09. The van der Waals surface area contributed by atoms with Crippen molar-refractivity contribution in [3.8, 4) is 5.75 Å². The molecule has 1 heterocycles. The minimum absolute atomic E-state index is 0.0539. The van der Waals surface area contributed by atoms with Gasteiger partial charge < -0.3 is 15.4 Å². The van der Waals surface area contributed by atoms with Gasteiger partial charge in [-0.2, -0.15) is 0 Å². The normalized spacial score (nSPS) is 10.3. The highest BCUT2D eigenvalue weighted by Gasteiger charge is 2.15. The summed E-state index contributed by atoms with van der Waals surface area (Å²) >= 11 is 5.90. The van der Waals surface area contributed by atoms with E-state index in [0.717, 1.165) is 11.3 Å². The van der Waals surface area contributed by atoms with E-state index in [9.17, 15) is 9.18 Å². The Morgan fingerprint density at radius 2 is 1.93 bits per heavy atom. The Morgan fingerprint density at radius 3 is 2.56 bits per heavy atom. The summed E-state index contributed by atoms with van der Waals surface area (Å²) in [6.07, 6.45) is 1.49. The molecule has 0 radical (unpaired) electrons. The first-order chi connectivity index (χ1) is 13.1. The number of benzene rings is 2. The van der Waals surface area contributed by atoms with Gasteiger partial charge in [-0.05, 0) is 42.0 Å². The maximum atomic E-state index is 13.8. The van der Waals surface area contributed by atoms with Crippen LogP contribution in [0.2, 0.25) is 5.02 Å². The Kier molecular flexibility index (Phi) is 5.88. The number of carbonyl (C=O) groups excluding carboxylic acids is 1. The molecule has 7 heteroatoms. The SMILES string of the molecule is COc1ccc(CNc2ccc(NC(=O)c3c(F)cccc3Cl)cn2)cc1. The van der Waals surface area contributed by atoms with Crippen molar-refractivity contribution in [1.29, 1.82) is 0 Å². The smallest absolute Gasteiger partial charge is 0.260 e. The molecule has 0 fully saturated rings. The van der Waals surface area contributed by atoms with Crippen LogP contribution in [0.5, 0.6) is 5.75 Å². The molecule has 0 saturated heterocycles. The molecule has 1 aromatic heterocycles. The molecule has 27 heavy (non-hydrogen) atoms. The van der Waals surface area contributed by atoms with Crippen LogP contribution in [0, 0.1) is 5.82 Å². The second kappa shape index (κ2) is 8.51. The summed E-state index contributed by atoms with van der Waals surface area (Å²) in [7, 11) is 1.62. The highest BCUT2D eigenvalue weighted by atomic mass is 35.5. The number of ether oxygens (including phenoxy) is 1. The number of anilines is 2. The van der Waals surface area contributed by atoms with Gasteiger partial charge in [-0.25, -0.2) is 9.37 Å². The third-order valence-electron chi connectivity index (χ3n) is 3.84. The fourth-order valence-electron chi connectivity index (χ4n) is 2.42. The molecule has 0 atom stereocenters. The van der Waals surface area contributed by atoms with Gasteiger partial charge in [-0.3, -0.25) is 4.79 Å². The molecule has 0 saturated carbocycles. The highest BCUT2D eigenvalue weighted by molar-refractivity contribution is 6.34. The van der Waals surface area contributed by atoms with Crippen molar-refractivity contribution < 1.29 is 13.9 Å². The van der Waals surface area contributed by atoms with Crippen LogP contribution < -0.4 is 15.4 Å². The first-order valence-electron chi connectivity index (χ1n) is 8.15. The Bertz CT molecular complexity index is 911. The van der Waals surface area contributed by atoms with Crippen molar-refractivity contribution in [3.05, 3.63) is 82.8 Å². The van der Waals surface area contributed by atoms with Gasteiger partial charge in [0.15, 0.2) is 0 Å². The lowest BCUT2D eigenvalue weighted by atomic mass is 10.2. The van der Waals surface area contributed by atoms with Gasteiger partial charge in [0.05, 0.1) is 29.6 Å². The number of methoxy groups -OCH3 is 1. The van der Waals surface area contributed by atoms with E-state index in [1.54, 1.807) is 19.2 Å². The number of aromatic nitrogens is 1. The maximum Gasteiger partial charge on any atom is 0.260 e. The van der Waals surface area contributed by atoms with Crippen molar-refractivity contribution in [1.82, 2.24) is 4.98 Å². The summed E-state index contributed by atoms with van der Waals surface area (Å²) in [4.78, 5) is 16.5. The summed E-state index contributed by atoms with van der Waals surface area (Å²) < 4.78 is 18.9. The van der Waals surface area contributed by atoms with Crippen LogP contribution in [-0.2, 0) is 6.54 Å². The summed E-state index contributed by atoms with van der Waals surface area (Å²) in [6, 6.07) is 15.2. The first kappa shape index (κ1) is 18.7. The number of amides is 1. The van der Waals surface area contributed by atoms with Gasteiger partial charge in [0.25, 0.3) is 5.91 Å². The van der Waals surface area contributed by atoms with E-state index >= 15 is 0 Å². The summed E-state index contributed by atoms with van der Waals surface area (Å²) in [6.45, 7) is 0.591. The van der Waals surface area contributed by atoms with E-state index in [1.807, 2.05) is 24.3 Å². The summed E-state index contributed by atoms with van der Waals surface area (Å²) in [5.41, 5.74) is 1.32. The zero-order valence-electron chi connectivity index (χ0n) is 14.5. The molecule has 5 nitrogen and oxygen atoms in total. The molecule has 1 amide bonds. The second-order valence-electron chi connectivity index (χ2n) is 5.68. The van der Waals surface area contributed by atoms with Crippen LogP contribution >= 0.6 is 11.6 Å². The van der Waals surface area contributed by atoms with Crippen molar-refractivity contribution in [2.45, 2.75) is 6.54 Å². The van der Waals surface area contributed by atoms with Gasteiger partial charge in [-0.1, -0.05) is 29.8 Å². The lowest BCUT2D eigenvalue weighted by molar-refractivity contribution is 0.102. The Morgan fingerprint density at radius 1 is 1.15 bits per heavy atom. The molecule has 0 aliphatic carbocycles. The van der Waals surface area contributed by atoms with Crippen LogP contribution in [0.4, 0.5) is 15.9 Å². The molecule has 3 aromatic rings. The van der Waals surface area contributed by atoms with E-state index in [2.05, 4.69) is 15.6 Å². The number of carbonyl (C=O) groups is 1. The largest absolute Gasteiger partial charge is 0.497 e. The monoisotopic (exact) mass is 385 g/mol. The Balaban J connectivity index is 1.60. The summed E-state index contributed by atoms with van der Waals surface area (Å²) in [5, 5.41) is 5.82. The highest BCUT2D eigenvalue weighted by Crippen LogP contribution is 2.21. The number of rotatable bonds is 6. The topological polar surface area (TPSA) is 63.2 Å². The quantitative estimate of drug-likeness (QED) is 0.643. The van der Waals surface area contributed by atoms with Crippen molar-refractivity contribution in [2.24, 2.45) is 0 Å². The van der Waals surface area contributed by atoms with E-state index in [-0.39, 0.29) is 10.6 Å². The molecule has 138 valence electrons. The van der Waals surface area contributed by atoms with Crippen LogP contribution in [0.25, 0.3) is 0 Å². The number of nitrogens with zero attached hydrogens (tertiary/aromatic N) is 1. The van der Waals surface area contributed by atoms with Crippen LogP contribution in [0.15, 0.2) is 60.8 Å². The molecule has 0 unspecified atom stereocenters. The average Bonchev–Trinajstić information content (AvgIpc) is 2.68. The molecular weight excluding hydrogens is 369 g/mol. The zero-order valence-corrected chi connectivity index (χ0v) is 15.3. The van der Waals surface area contributed by atoms with Crippen molar-refractivity contribution >= 4 is 29.0 Å². The molecule has 3 rings (SSSR count). The Hall–Kier alpha value is -3.12. The van der Waals surface area contributed by atoms with Gasteiger partial charge in [0.2, 0.25) is 0 Å². The zero-order chi connectivity index (χ0) is 19.2. The van der Waals surface area contributed by atoms with E-state index < -0.39 is 11.7 Å². The lowest BCUT2D eigenvalue weighted by Crippen LogP contribution is -2.14. The fraction of sp³-hybridized carbons (Fsp3) is 0.100. The number of pyridine rings is 1. The van der Waals surface area contributed by atoms with E-state index in [0.29, 0.717) is 18.1 Å². The van der Waals surface area contributed by atoms with E-state index in [4.69, 9.17) is 16.3 Å². The van der Waals surface area contributed by atoms with Crippen LogP contribution in [-0.4, -0.2) is 18.0 Å². The number of halogens is 2. The number of hydrogen-bond donors (Lipinski definition) is 2. The Labute approximate surface area is 161 Å². The predicted molar refractivity (Wildman–Crippen MR) is 104 cm³/mol. The minimum Gasteiger partial charge on any atom is -0.497 e. The molecule has 0 aliphatic heterocycles. The van der Waals surface area contributed by atoms with Crippen LogP contribution in [0.1, 0.15) is 15.9 Å². The third kappa shape index (κ3) is 4.74. The fourth-order valence-corrected chi connectivity index (χ4v) is 2.67. The molecule has 2 N–H and O–H groups in total. The maximum absolute atomic E-state index is 13.8. The predicted octanol–water partition coefficient (Wildman–Crippen LogP) is 4.75. The molecule has 2 aromatic carbocycles. The molecule has 0 spiro atoms. The van der Waals surface area contributed by atoms with Gasteiger partial charge >= 0.3 is 0 Å². The summed E-state index contributed by atoms with van der Waals surface area (Å²) in [5.74, 6) is 0.143. The molecule has 0 aliphatic rings. The van der Waals surface area contributed by atoms with E-state index in [1.165, 1.54) is 24.4 Å². The van der Waals surface area contributed by atoms with Crippen molar-refractivity contribution in [2.75, 3.05) is 17.7 Å².